The first kappa shape index (κ1) is 23.0. The Kier molecular flexibility index (Phi) is 6.63. The molecule has 0 spiro atoms. The molecule has 0 unspecified atom stereocenters. The topological polar surface area (TPSA) is 72.5 Å². The van der Waals surface area contributed by atoms with Gasteiger partial charge in [-0.1, -0.05) is 12.1 Å². The Balaban J connectivity index is 1.59. The summed E-state index contributed by atoms with van der Waals surface area (Å²) in [6.45, 7) is 2.24. The van der Waals surface area contributed by atoms with Gasteiger partial charge in [0.1, 0.15) is 23.9 Å². The predicted molar refractivity (Wildman–Crippen MR) is 128 cm³/mol. The molecule has 0 N–H and O–H groups in total. The van der Waals surface area contributed by atoms with E-state index in [0.717, 1.165) is 16.9 Å². The SMILES string of the molecule is COc1ccc(COc2cc(C)c3c(c2)O/C(=C\c2ccc(OC)c(OC)c2OC)C3=O)cc1. The fraction of sp³-hybridized carbons (Fsp3) is 0.222. The van der Waals surface area contributed by atoms with Crippen LogP contribution < -0.4 is 28.4 Å². The molecule has 0 amide bonds. The summed E-state index contributed by atoms with van der Waals surface area (Å²) in [5.74, 6) is 3.26. The Morgan fingerprint density at radius 1 is 0.824 bits per heavy atom. The zero-order chi connectivity index (χ0) is 24.2. The van der Waals surface area contributed by atoms with Gasteiger partial charge in [0.2, 0.25) is 11.5 Å². The second-order valence-electron chi connectivity index (χ2n) is 7.61. The second kappa shape index (κ2) is 9.79. The Bertz CT molecular complexity index is 1240. The van der Waals surface area contributed by atoms with Crippen LogP contribution in [0.1, 0.15) is 27.0 Å². The molecule has 34 heavy (non-hydrogen) atoms. The Labute approximate surface area is 198 Å². The maximum Gasteiger partial charge on any atom is 0.232 e. The van der Waals surface area contributed by atoms with Gasteiger partial charge in [0, 0.05) is 11.6 Å². The largest absolute Gasteiger partial charge is 0.497 e. The monoisotopic (exact) mass is 462 g/mol. The second-order valence-corrected chi connectivity index (χ2v) is 7.61. The Hall–Kier alpha value is -4.13. The van der Waals surface area contributed by atoms with E-state index < -0.39 is 0 Å². The summed E-state index contributed by atoms with van der Waals surface area (Å²) < 4.78 is 33.4. The molecule has 0 atom stereocenters. The molecule has 0 fully saturated rings. The van der Waals surface area contributed by atoms with Crippen LogP contribution in [0.5, 0.6) is 34.5 Å². The molecule has 3 aromatic carbocycles. The molecular formula is C27H26O7. The number of hydrogen-bond acceptors (Lipinski definition) is 7. The molecule has 176 valence electrons. The lowest BCUT2D eigenvalue weighted by Crippen LogP contribution is -2.01. The van der Waals surface area contributed by atoms with Crippen molar-refractivity contribution in [2.45, 2.75) is 13.5 Å². The van der Waals surface area contributed by atoms with E-state index in [4.69, 9.17) is 28.4 Å². The third kappa shape index (κ3) is 4.37. The van der Waals surface area contributed by atoms with Crippen LogP contribution in [0.25, 0.3) is 6.08 Å². The highest BCUT2D eigenvalue weighted by atomic mass is 16.5. The van der Waals surface area contributed by atoms with Gasteiger partial charge in [-0.25, -0.2) is 0 Å². The van der Waals surface area contributed by atoms with Gasteiger partial charge in [-0.05, 0) is 54.5 Å². The van der Waals surface area contributed by atoms with Crippen LogP contribution in [0.2, 0.25) is 0 Å². The first-order valence-electron chi connectivity index (χ1n) is 10.6. The summed E-state index contributed by atoms with van der Waals surface area (Å²) in [7, 11) is 6.24. The van der Waals surface area contributed by atoms with E-state index in [-0.39, 0.29) is 11.5 Å². The van der Waals surface area contributed by atoms with Gasteiger partial charge < -0.3 is 28.4 Å². The van der Waals surface area contributed by atoms with E-state index in [1.165, 1.54) is 14.2 Å². The van der Waals surface area contributed by atoms with Gasteiger partial charge in [0.05, 0.1) is 34.0 Å². The summed E-state index contributed by atoms with van der Waals surface area (Å²) in [4.78, 5) is 13.1. The van der Waals surface area contributed by atoms with E-state index in [2.05, 4.69) is 0 Å². The number of carbonyl (C=O) groups excluding carboxylic acids is 1. The number of Topliss-reactive ketones (excluding diaryl/α,β-unsaturated/α-hetero) is 1. The molecule has 1 aliphatic heterocycles. The average Bonchev–Trinajstić information content (AvgIpc) is 3.17. The molecule has 1 aliphatic rings. The van der Waals surface area contributed by atoms with E-state index >= 15 is 0 Å². The van der Waals surface area contributed by atoms with E-state index in [0.29, 0.717) is 46.5 Å². The standard InChI is InChI=1S/C27H26O7/c1-16-12-20(33-15-17-6-9-19(29-2)10-7-17)14-22-24(16)25(28)23(34-22)13-18-8-11-21(30-3)27(32-5)26(18)31-4/h6-14H,15H2,1-5H3/b23-13-. The first-order chi connectivity index (χ1) is 16.5. The average molecular weight is 462 g/mol. The zero-order valence-corrected chi connectivity index (χ0v) is 19.8. The Morgan fingerprint density at radius 2 is 1.56 bits per heavy atom. The normalized spacial score (nSPS) is 13.3. The van der Waals surface area contributed by atoms with Crippen molar-refractivity contribution in [2.24, 2.45) is 0 Å². The number of ether oxygens (including phenoxy) is 6. The molecule has 4 rings (SSSR count). The molecule has 3 aromatic rings. The zero-order valence-electron chi connectivity index (χ0n) is 19.8. The van der Waals surface area contributed by atoms with Gasteiger partial charge in [-0.3, -0.25) is 4.79 Å². The number of carbonyl (C=O) groups is 1. The molecule has 0 saturated carbocycles. The lowest BCUT2D eigenvalue weighted by Gasteiger charge is -2.14. The fourth-order valence-electron chi connectivity index (χ4n) is 3.83. The van der Waals surface area contributed by atoms with E-state index in [1.807, 2.05) is 37.3 Å². The molecule has 7 nitrogen and oxygen atoms in total. The smallest absolute Gasteiger partial charge is 0.232 e. The van der Waals surface area contributed by atoms with Crippen LogP contribution >= 0.6 is 0 Å². The third-order valence-corrected chi connectivity index (χ3v) is 5.53. The molecular weight excluding hydrogens is 436 g/mol. The third-order valence-electron chi connectivity index (χ3n) is 5.53. The van der Waals surface area contributed by atoms with Crippen LogP contribution in [-0.4, -0.2) is 34.2 Å². The van der Waals surface area contributed by atoms with E-state index in [9.17, 15) is 4.79 Å². The molecule has 0 bridgehead atoms. The van der Waals surface area contributed by atoms with Crippen molar-refractivity contribution in [3.8, 4) is 34.5 Å². The molecule has 7 heteroatoms. The number of hydrogen-bond donors (Lipinski definition) is 0. The van der Waals surface area contributed by atoms with Gasteiger partial charge >= 0.3 is 0 Å². The maximum atomic E-state index is 13.1. The van der Waals surface area contributed by atoms with Crippen LogP contribution in [0.15, 0.2) is 54.3 Å². The number of aryl methyl sites for hydroxylation is 1. The summed E-state index contributed by atoms with van der Waals surface area (Å²) in [5.41, 5.74) is 2.92. The summed E-state index contributed by atoms with van der Waals surface area (Å²) in [6, 6.07) is 14.7. The number of benzene rings is 3. The summed E-state index contributed by atoms with van der Waals surface area (Å²) >= 11 is 0. The minimum atomic E-state index is -0.203. The first-order valence-corrected chi connectivity index (χ1v) is 10.6. The number of rotatable bonds is 8. The molecule has 0 aromatic heterocycles. The maximum absolute atomic E-state index is 13.1. The Morgan fingerprint density at radius 3 is 2.21 bits per heavy atom. The lowest BCUT2D eigenvalue weighted by molar-refractivity contribution is 0.101. The van der Waals surface area contributed by atoms with Crippen molar-refractivity contribution in [2.75, 3.05) is 28.4 Å². The summed E-state index contributed by atoms with van der Waals surface area (Å²) in [6.07, 6.45) is 1.64. The van der Waals surface area contributed by atoms with Crippen LogP contribution in [-0.2, 0) is 6.61 Å². The van der Waals surface area contributed by atoms with E-state index in [1.54, 1.807) is 38.5 Å². The van der Waals surface area contributed by atoms with Crippen molar-refractivity contribution < 1.29 is 33.2 Å². The lowest BCUT2D eigenvalue weighted by atomic mass is 10.0. The minimum Gasteiger partial charge on any atom is -0.497 e. The number of ketones is 1. The molecule has 0 aliphatic carbocycles. The van der Waals surface area contributed by atoms with Crippen LogP contribution in [0.3, 0.4) is 0 Å². The van der Waals surface area contributed by atoms with Crippen molar-refractivity contribution in [1.82, 2.24) is 0 Å². The van der Waals surface area contributed by atoms with Crippen LogP contribution in [0.4, 0.5) is 0 Å². The van der Waals surface area contributed by atoms with Crippen molar-refractivity contribution >= 4 is 11.9 Å². The van der Waals surface area contributed by atoms with Crippen molar-refractivity contribution in [3.05, 3.63) is 76.5 Å². The molecule has 0 radical (unpaired) electrons. The predicted octanol–water partition coefficient (Wildman–Crippen LogP) is 5.22. The fourth-order valence-corrected chi connectivity index (χ4v) is 3.83. The summed E-state index contributed by atoms with van der Waals surface area (Å²) in [5, 5.41) is 0. The van der Waals surface area contributed by atoms with Crippen molar-refractivity contribution in [1.29, 1.82) is 0 Å². The minimum absolute atomic E-state index is 0.191. The van der Waals surface area contributed by atoms with Crippen LogP contribution in [0, 0.1) is 6.92 Å². The van der Waals surface area contributed by atoms with Gasteiger partial charge in [-0.15, -0.1) is 0 Å². The van der Waals surface area contributed by atoms with Gasteiger partial charge in [-0.2, -0.15) is 0 Å². The number of allylic oxidation sites excluding steroid dienone is 1. The molecule has 1 heterocycles. The number of fused-ring (bicyclic) bond motifs is 1. The van der Waals surface area contributed by atoms with Crippen molar-refractivity contribution in [3.63, 3.8) is 0 Å². The molecule has 0 saturated heterocycles. The van der Waals surface area contributed by atoms with Gasteiger partial charge in [0.25, 0.3) is 0 Å². The highest BCUT2D eigenvalue weighted by Crippen LogP contribution is 2.42. The highest BCUT2D eigenvalue weighted by molar-refractivity contribution is 6.15. The van der Waals surface area contributed by atoms with Gasteiger partial charge in [0.15, 0.2) is 17.3 Å². The number of methoxy groups -OCH3 is 4. The quantitative estimate of drug-likeness (QED) is 0.425. The highest BCUT2D eigenvalue weighted by Gasteiger charge is 2.30.